The van der Waals surface area contributed by atoms with Crippen molar-refractivity contribution in [3.63, 3.8) is 0 Å². The number of nitrogens with one attached hydrogen (secondary N) is 1. The third-order valence-electron chi connectivity index (χ3n) is 1.68. The minimum absolute atomic E-state index is 0.407. The summed E-state index contributed by atoms with van der Waals surface area (Å²) < 4.78 is 0. The number of hydrogen-bond donors (Lipinski definition) is 2. The number of carbonyl (C=O) groups is 2. The van der Waals surface area contributed by atoms with Crippen LogP contribution >= 0.6 is 11.3 Å². The number of thiazole rings is 1. The van der Waals surface area contributed by atoms with Crippen molar-refractivity contribution < 1.29 is 14.7 Å². The molecule has 0 saturated heterocycles. The van der Waals surface area contributed by atoms with Crippen molar-refractivity contribution in [1.82, 2.24) is 10.3 Å². The van der Waals surface area contributed by atoms with E-state index in [0.717, 1.165) is 22.9 Å². The van der Waals surface area contributed by atoms with Crippen molar-refractivity contribution in [2.45, 2.75) is 13.3 Å². The number of hydrogen-bond acceptors (Lipinski definition) is 4. The Morgan fingerprint density at radius 2 is 2.31 bits per heavy atom. The fraction of sp³-hybridized carbons (Fsp3) is 0.300. The van der Waals surface area contributed by atoms with E-state index in [-0.39, 0.29) is 0 Å². The zero-order valence-electron chi connectivity index (χ0n) is 8.77. The van der Waals surface area contributed by atoms with Crippen molar-refractivity contribution in [2.75, 3.05) is 6.54 Å². The Labute approximate surface area is 96.8 Å². The zero-order valence-corrected chi connectivity index (χ0v) is 9.58. The van der Waals surface area contributed by atoms with Gasteiger partial charge in [-0.15, -0.1) is 11.3 Å². The van der Waals surface area contributed by atoms with E-state index in [1.807, 2.05) is 12.3 Å². The first-order valence-corrected chi connectivity index (χ1v) is 5.56. The predicted molar refractivity (Wildman–Crippen MR) is 60.3 cm³/mol. The molecular formula is C10H12N2O3S. The molecule has 0 fully saturated rings. The number of carboxylic acids is 1. The van der Waals surface area contributed by atoms with E-state index in [4.69, 9.17) is 5.11 Å². The molecule has 0 aliphatic rings. The molecule has 0 aliphatic heterocycles. The minimum Gasteiger partial charge on any atom is -0.478 e. The van der Waals surface area contributed by atoms with Crippen LogP contribution in [0.5, 0.6) is 0 Å². The molecule has 5 nitrogen and oxygen atoms in total. The van der Waals surface area contributed by atoms with Gasteiger partial charge in [0.05, 0.1) is 5.01 Å². The van der Waals surface area contributed by atoms with Crippen LogP contribution in [-0.4, -0.2) is 28.5 Å². The highest BCUT2D eigenvalue weighted by atomic mass is 32.1. The highest BCUT2D eigenvalue weighted by molar-refractivity contribution is 7.09. The highest BCUT2D eigenvalue weighted by Gasteiger charge is 2.00. The summed E-state index contributed by atoms with van der Waals surface area (Å²) in [6.45, 7) is 2.37. The molecule has 86 valence electrons. The van der Waals surface area contributed by atoms with Gasteiger partial charge in [-0.3, -0.25) is 4.79 Å². The average Bonchev–Trinajstić information content (AvgIpc) is 2.61. The molecule has 0 aromatic carbocycles. The number of amides is 1. The number of carboxylic acid groups (broad SMARTS) is 1. The summed E-state index contributed by atoms with van der Waals surface area (Å²) in [5.41, 5.74) is 0.970. The first kappa shape index (κ1) is 12.4. The second-order valence-corrected chi connectivity index (χ2v) is 4.04. The molecule has 1 aromatic heterocycles. The lowest BCUT2D eigenvalue weighted by Crippen LogP contribution is -2.23. The van der Waals surface area contributed by atoms with Crippen molar-refractivity contribution in [2.24, 2.45) is 0 Å². The van der Waals surface area contributed by atoms with Crippen LogP contribution in [0.2, 0.25) is 0 Å². The van der Waals surface area contributed by atoms with Crippen LogP contribution in [0.4, 0.5) is 0 Å². The van der Waals surface area contributed by atoms with Gasteiger partial charge in [0.15, 0.2) is 0 Å². The Hall–Kier alpha value is -1.69. The van der Waals surface area contributed by atoms with Gasteiger partial charge in [0.25, 0.3) is 0 Å². The summed E-state index contributed by atoms with van der Waals surface area (Å²) in [6, 6.07) is 0. The van der Waals surface area contributed by atoms with Crippen molar-refractivity contribution in [3.8, 4) is 0 Å². The fourth-order valence-electron chi connectivity index (χ4n) is 1.02. The lowest BCUT2D eigenvalue weighted by atomic mass is 10.4. The molecule has 0 atom stereocenters. The smallest absolute Gasteiger partial charge is 0.328 e. The SMILES string of the molecule is Cc1csc(CCNC(=O)C=CC(=O)O)n1. The molecule has 0 saturated carbocycles. The normalized spacial score (nSPS) is 10.6. The number of carbonyl (C=O) groups excluding carboxylic acids is 1. The van der Waals surface area contributed by atoms with Crippen LogP contribution in [0.3, 0.4) is 0 Å². The molecule has 6 heteroatoms. The van der Waals surface area contributed by atoms with Crippen LogP contribution < -0.4 is 5.32 Å². The topological polar surface area (TPSA) is 79.3 Å². The first-order valence-electron chi connectivity index (χ1n) is 4.68. The number of nitrogens with zero attached hydrogens (tertiary/aromatic N) is 1. The van der Waals surface area contributed by atoms with Crippen molar-refractivity contribution >= 4 is 23.2 Å². The molecule has 2 N–H and O–H groups in total. The summed E-state index contributed by atoms with van der Waals surface area (Å²) in [4.78, 5) is 25.4. The zero-order chi connectivity index (χ0) is 12.0. The van der Waals surface area contributed by atoms with Gasteiger partial charge in [0.2, 0.25) is 5.91 Å². The van der Waals surface area contributed by atoms with Gasteiger partial charge in [0, 0.05) is 36.2 Å². The summed E-state index contributed by atoms with van der Waals surface area (Å²) in [7, 11) is 0. The van der Waals surface area contributed by atoms with E-state index in [0.29, 0.717) is 13.0 Å². The Morgan fingerprint density at radius 3 is 2.88 bits per heavy atom. The van der Waals surface area contributed by atoms with Crippen LogP contribution in [0, 0.1) is 6.92 Å². The lowest BCUT2D eigenvalue weighted by molar-refractivity contribution is -0.131. The number of rotatable bonds is 5. The lowest BCUT2D eigenvalue weighted by Gasteiger charge is -1.98. The van der Waals surface area contributed by atoms with Crippen LogP contribution in [0.15, 0.2) is 17.5 Å². The molecule has 0 bridgehead atoms. The summed E-state index contributed by atoms with van der Waals surface area (Å²) in [6.07, 6.45) is 2.46. The van der Waals surface area contributed by atoms with Gasteiger partial charge >= 0.3 is 5.97 Å². The van der Waals surface area contributed by atoms with Crippen molar-refractivity contribution in [3.05, 3.63) is 28.2 Å². The van der Waals surface area contributed by atoms with Crippen LogP contribution in [0.1, 0.15) is 10.7 Å². The maximum absolute atomic E-state index is 11.1. The maximum atomic E-state index is 11.1. The van der Waals surface area contributed by atoms with E-state index < -0.39 is 11.9 Å². The number of aromatic nitrogens is 1. The molecule has 1 rings (SSSR count). The minimum atomic E-state index is -1.13. The molecule has 0 radical (unpaired) electrons. The molecule has 1 heterocycles. The third-order valence-corrected chi connectivity index (χ3v) is 2.71. The summed E-state index contributed by atoms with van der Waals surface area (Å²) in [5, 5.41) is 13.8. The highest BCUT2D eigenvalue weighted by Crippen LogP contribution is 2.08. The third kappa shape index (κ3) is 4.70. The molecular weight excluding hydrogens is 228 g/mol. The second-order valence-electron chi connectivity index (χ2n) is 3.10. The predicted octanol–water partition coefficient (Wildman–Crippen LogP) is 0.751. The van der Waals surface area contributed by atoms with Gasteiger partial charge in [0.1, 0.15) is 0 Å². The van der Waals surface area contributed by atoms with Crippen LogP contribution in [0.25, 0.3) is 0 Å². The first-order chi connectivity index (χ1) is 7.58. The van der Waals surface area contributed by atoms with Crippen molar-refractivity contribution in [1.29, 1.82) is 0 Å². The van der Waals surface area contributed by atoms with Gasteiger partial charge in [-0.2, -0.15) is 0 Å². The Kier molecular flexibility index (Phi) is 4.65. The van der Waals surface area contributed by atoms with Gasteiger partial charge in [-0.25, -0.2) is 9.78 Å². The Balaban J connectivity index is 2.25. The van der Waals surface area contributed by atoms with E-state index in [1.165, 1.54) is 0 Å². The Morgan fingerprint density at radius 1 is 1.56 bits per heavy atom. The largest absolute Gasteiger partial charge is 0.478 e. The monoisotopic (exact) mass is 240 g/mol. The average molecular weight is 240 g/mol. The molecule has 0 spiro atoms. The summed E-state index contributed by atoms with van der Waals surface area (Å²) in [5.74, 6) is -1.54. The van der Waals surface area contributed by atoms with E-state index in [2.05, 4.69) is 10.3 Å². The van der Waals surface area contributed by atoms with E-state index in [9.17, 15) is 9.59 Å². The fourth-order valence-corrected chi connectivity index (χ4v) is 1.79. The maximum Gasteiger partial charge on any atom is 0.328 e. The molecule has 16 heavy (non-hydrogen) atoms. The quantitative estimate of drug-likeness (QED) is 0.744. The van der Waals surface area contributed by atoms with Gasteiger partial charge in [-0.05, 0) is 6.92 Å². The number of aryl methyl sites for hydroxylation is 1. The van der Waals surface area contributed by atoms with Gasteiger partial charge in [-0.1, -0.05) is 0 Å². The van der Waals surface area contributed by atoms with Gasteiger partial charge < -0.3 is 10.4 Å². The molecule has 0 unspecified atom stereocenters. The van der Waals surface area contributed by atoms with E-state index in [1.54, 1.807) is 11.3 Å². The molecule has 0 aliphatic carbocycles. The molecule has 1 aromatic rings. The molecule has 1 amide bonds. The second kappa shape index (κ2) is 6.02. The van der Waals surface area contributed by atoms with E-state index >= 15 is 0 Å². The summed E-state index contributed by atoms with van der Waals surface area (Å²) >= 11 is 1.54. The van der Waals surface area contributed by atoms with Crippen LogP contribution in [-0.2, 0) is 16.0 Å². The standard InChI is InChI=1S/C10H12N2O3S/c1-7-6-16-9(12-7)4-5-11-8(13)2-3-10(14)15/h2-3,6H,4-5H2,1H3,(H,11,13)(H,14,15). The number of aliphatic carboxylic acids is 1. The Bertz CT molecular complexity index is 412.